The molecule has 0 atom stereocenters. The number of carbonyl (C=O) groups excluding carboxylic acids is 1. The highest BCUT2D eigenvalue weighted by Gasteiger charge is 2.29. The minimum Gasteiger partial charge on any atom is -0.469 e. The number of ether oxygens (including phenoxy) is 1. The highest BCUT2D eigenvalue weighted by molar-refractivity contribution is 7.90. The summed E-state index contributed by atoms with van der Waals surface area (Å²) in [5.41, 5.74) is 0.967. The Morgan fingerprint density at radius 3 is 2.61 bits per heavy atom. The molecule has 23 heavy (non-hydrogen) atoms. The summed E-state index contributed by atoms with van der Waals surface area (Å²) in [5.74, 6) is 0.504. The van der Waals surface area contributed by atoms with E-state index in [-0.39, 0.29) is 11.9 Å². The number of methoxy groups -OCH3 is 1. The van der Waals surface area contributed by atoms with Crippen LogP contribution in [0.25, 0.3) is 0 Å². The maximum Gasteiger partial charge on any atom is 0.305 e. The Balaban J connectivity index is 1.97. The summed E-state index contributed by atoms with van der Waals surface area (Å²) in [7, 11) is -2.28. The van der Waals surface area contributed by atoms with Gasteiger partial charge in [0.25, 0.3) is 0 Å². The molecule has 9 heteroatoms. The van der Waals surface area contributed by atoms with Crippen molar-refractivity contribution in [2.45, 2.75) is 33.1 Å². The summed E-state index contributed by atoms with van der Waals surface area (Å²) in [6, 6.07) is 0. The lowest BCUT2D eigenvalue weighted by Gasteiger charge is -2.30. The van der Waals surface area contributed by atoms with Crippen LogP contribution < -0.4 is 4.72 Å². The van der Waals surface area contributed by atoms with E-state index in [0.29, 0.717) is 49.6 Å². The maximum atomic E-state index is 12.4. The second-order valence-corrected chi connectivity index (χ2v) is 7.32. The average molecular weight is 342 g/mol. The molecule has 0 unspecified atom stereocenters. The number of anilines is 1. The second kappa shape index (κ2) is 7.22. The molecule has 0 aromatic carbocycles. The van der Waals surface area contributed by atoms with E-state index in [1.54, 1.807) is 13.8 Å². The van der Waals surface area contributed by atoms with E-state index >= 15 is 0 Å². The van der Waals surface area contributed by atoms with Crippen LogP contribution in [0.1, 0.15) is 30.8 Å². The van der Waals surface area contributed by atoms with Crippen LogP contribution in [-0.4, -0.2) is 48.9 Å². The lowest BCUT2D eigenvalue weighted by atomic mass is 9.95. The van der Waals surface area contributed by atoms with Crippen molar-refractivity contribution in [3.8, 4) is 0 Å². The predicted molar refractivity (Wildman–Crippen MR) is 85.0 cm³/mol. The van der Waals surface area contributed by atoms with Gasteiger partial charge in [-0.1, -0.05) is 0 Å². The molecule has 0 aliphatic carbocycles. The normalized spacial score (nSPS) is 17.0. The molecule has 1 aliphatic heterocycles. The SMILES string of the molecule is COC(=O)CC1CCN(S(=O)(=O)Nc2cnc(C)nc2C)CC1. The summed E-state index contributed by atoms with van der Waals surface area (Å²) in [4.78, 5) is 19.4. The third-order valence-corrected chi connectivity index (χ3v) is 5.46. The molecule has 0 radical (unpaired) electrons. The zero-order valence-electron chi connectivity index (χ0n) is 13.6. The summed E-state index contributed by atoms with van der Waals surface area (Å²) in [5, 5.41) is 0. The Hall–Kier alpha value is -1.74. The van der Waals surface area contributed by atoms with Crippen LogP contribution >= 0.6 is 0 Å². The van der Waals surface area contributed by atoms with Crippen molar-refractivity contribution < 1.29 is 17.9 Å². The van der Waals surface area contributed by atoms with Crippen LogP contribution in [0.2, 0.25) is 0 Å². The molecule has 0 amide bonds. The lowest BCUT2D eigenvalue weighted by molar-refractivity contribution is -0.142. The van der Waals surface area contributed by atoms with Gasteiger partial charge in [-0.05, 0) is 32.6 Å². The van der Waals surface area contributed by atoms with E-state index in [0.717, 1.165) is 0 Å². The van der Waals surface area contributed by atoms with Gasteiger partial charge in [-0.2, -0.15) is 12.7 Å². The molecule has 1 fully saturated rings. The Bertz CT molecular complexity index is 669. The minimum atomic E-state index is -3.64. The van der Waals surface area contributed by atoms with E-state index in [2.05, 4.69) is 19.4 Å². The Labute approximate surface area is 136 Å². The molecule has 1 N–H and O–H groups in total. The smallest absolute Gasteiger partial charge is 0.305 e. The van der Waals surface area contributed by atoms with Crippen LogP contribution in [0.4, 0.5) is 5.69 Å². The number of aryl methyl sites for hydroxylation is 2. The quantitative estimate of drug-likeness (QED) is 0.802. The first kappa shape index (κ1) is 17.6. The molecule has 1 aromatic heterocycles. The minimum absolute atomic E-state index is 0.165. The van der Waals surface area contributed by atoms with Crippen LogP contribution in [0.15, 0.2) is 6.20 Å². The first-order valence-corrected chi connectivity index (χ1v) is 8.91. The van der Waals surface area contributed by atoms with E-state index in [1.807, 2.05) is 0 Å². The monoisotopic (exact) mass is 342 g/mol. The van der Waals surface area contributed by atoms with E-state index < -0.39 is 10.2 Å². The van der Waals surface area contributed by atoms with Gasteiger partial charge >= 0.3 is 16.2 Å². The van der Waals surface area contributed by atoms with E-state index in [1.165, 1.54) is 17.6 Å². The number of hydrogen-bond acceptors (Lipinski definition) is 6. The third-order valence-electron chi connectivity index (χ3n) is 3.94. The topological polar surface area (TPSA) is 101 Å². The lowest BCUT2D eigenvalue weighted by Crippen LogP contribution is -2.42. The van der Waals surface area contributed by atoms with Gasteiger partial charge in [-0.3, -0.25) is 9.52 Å². The molecule has 0 saturated carbocycles. The van der Waals surface area contributed by atoms with Gasteiger partial charge in [-0.25, -0.2) is 9.97 Å². The first-order valence-electron chi connectivity index (χ1n) is 7.46. The fourth-order valence-electron chi connectivity index (χ4n) is 2.56. The predicted octanol–water partition coefficient (Wildman–Crippen LogP) is 1.03. The molecule has 1 saturated heterocycles. The van der Waals surface area contributed by atoms with Crippen LogP contribution in [0.3, 0.4) is 0 Å². The number of piperidine rings is 1. The molecular weight excluding hydrogens is 320 g/mol. The third kappa shape index (κ3) is 4.61. The van der Waals surface area contributed by atoms with Crippen molar-refractivity contribution in [2.75, 3.05) is 24.9 Å². The fourth-order valence-corrected chi connectivity index (χ4v) is 3.86. The molecule has 2 heterocycles. The van der Waals surface area contributed by atoms with Gasteiger partial charge in [-0.15, -0.1) is 0 Å². The summed E-state index contributed by atoms with van der Waals surface area (Å²) >= 11 is 0. The number of nitrogens with one attached hydrogen (secondary N) is 1. The number of rotatable bonds is 5. The van der Waals surface area contributed by atoms with Crippen LogP contribution in [-0.2, 0) is 19.7 Å². The molecule has 2 rings (SSSR count). The van der Waals surface area contributed by atoms with Crippen molar-refractivity contribution in [3.05, 3.63) is 17.7 Å². The zero-order chi connectivity index (χ0) is 17.0. The van der Waals surface area contributed by atoms with E-state index in [9.17, 15) is 13.2 Å². The van der Waals surface area contributed by atoms with Crippen LogP contribution in [0.5, 0.6) is 0 Å². The van der Waals surface area contributed by atoms with Gasteiger partial charge < -0.3 is 4.74 Å². The standard InChI is InChI=1S/C14H22N4O4S/c1-10-13(9-15-11(2)16-10)17-23(20,21)18-6-4-12(5-7-18)8-14(19)22-3/h9,12,17H,4-8H2,1-3H3. The van der Waals surface area contributed by atoms with Crippen LogP contribution in [0, 0.1) is 19.8 Å². The Kier molecular flexibility index (Phi) is 5.53. The summed E-state index contributed by atoms with van der Waals surface area (Å²) in [6.45, 7) is 4.23. The molecule has 0 bridgehead atoms. The van der Waals surface area contributed by atoms with Crippen molar-refractivity contribution in [3.63, 3.8) is 0 Å². The van der Waals surface area contributed by atoms with Crippen molar-refractivity contribution in [2.24, 2.45) is 5.92 Å². The van der Waals surface area contributed by atoms with Gasteiger partial charge in [0, 0.05) is 19.5 Å². The fraction of sp³-hybridized carbons (Fsp3) is 0.643. The maximum absolute atomic E-state index is 12.4. The largest absolute Gasteiger partial charge is 0.469 e. The molecule has 128 valence electrons. The number of aromatic nitrogens is 2. The van der Waals surface area contributed by atoms with Gasteiger partial charge in [0.15, 0.2) is 0 Å². The summed E-state index contributed by atoms with van der Waals surface area (Å²) in [6.07, 6.45) is 3.08. The second-order valence-electron chi connectivity index (χ2n) is 5.65. The van der Waals surface area contributed by atoms with E-state index in [4.69, 9.17) is 0 Å². The molecule has 1 aromatic rings. The Morgan fingerprint density at radius 2 is 2.04 bits per heavy atom. The van der Waals surface area contributed by atoms with Crippen molar-refractivity contribution >= 4 is 21.9 Å². The highest BCUT2D eigenvalue weighted by Crippen LogP contribution is 2.24. The molecular formula is C14H22N4O4S. The first-order chi connectivity index (χ1) is 10.8. The van der Waals surface area contributed by atoms with Crippen molar-refractivity contribution in [1.29, 1.82) is 0 Å². The number of hydrogen-bond donors (Lipinski definition) is 1. The number of esters is 1. The Morgan fingerprint density at radius 1 is 1.39 bits per heavy atom. The van der Waals surface area contributed by atoms with Gasteiger partial charge in [0.1, 0.15) is 5.82 Å². The van der Waals surface area contributed by atoms with Crippen molar-refractivity contribution in [1.82, 2.24) is 14.3 Å². The number of carbonyl (C=O) groups is 1. The van der Waals surface area contributed by atoms with Gasteiger partial charge in [0.05, 0.1) is 24.7 Å². The summed E-state index contributed by atoms with van der Waals surface area (Å²) < 4.78 is 33.5. The number of nitrogens with zero attached hydrogens (tertiary/aromatic N) is 3. The zero-order valence-corrected chi connectivity index (χ0v) is 14.4. The average Bonchev–Trinajstić information content (AvgIpc) is 2.50. The van der Waals surface area contributed by atoms with Gasteiger partial charge in [0.2, 0.25) is 0 Å². The molecule has 1 aliphatic rings. The molecule has 8 nitrogen and oxygen atoms in total. The molecule has 0 spiro atoms. The highest BCUT2D eigenvalue weighted by atomic mass is 32.2.